The largest absolute Gasteiger partial charge is 0.340 e. The molecule has 2 aromatic carbocycles. The van der Waals surface area contributed by atoms with Gasteiger partial charge >= 0.3 is 0 Å². The third-order valence-corrected chi connectivity index (χ3v) is 4.02. The van der Waals surface area contributed by atoms with Crippen LogP contribution >= 0.6 is 11.6 Å². The third-order valence-electron chi connectivity index (χ3n) is 3.79. The first-order valence-electron chi connectivity index (χ1n) is 7.97. The Morgan fingerprint density at radius 3 is 2.64 bits per heavy atom. The van der Waals surface area contributed by atoms with E-state index in [4.69, 9.17) is 11.6 Å². The van der Waals surface area contributed by atoms with E-state index in [2.05, 4.69) is 32.5 Å². The van der Waals surface area contributed by atoms with Crippen molar-refractivity contribution >= 4 is 28.9 Å². The molecule has 0 radical (unpaired) electrons. The van der Waals surface area contributed by atoms with Gasteiger partial charge in [-0.05, 0) is 30.7 Å². The van der Waals surface area contributed by atoms with Crippen molar-refractivity contribution in [1.29, 1.82) is 0 Å². The Morgan fingerprint density at radius 2 is 1.84 bits per heavy atom. The fourth-order valence-corrected chi connectivity index (χ4v) is 2.88. The molecule has 0 aliphatic rings. The molecule has 0 amide bonds. The summed E-state index contributed by atoms with van der Waals surface area (Å²) in [6.45, 7) is 1.94. The van der Waals surface area contributed by atoms with Crippen LogP contribution in [-0.2, 0) is 6.42 Å². The zero-order valence-corrected chi connectivity index (χ0v) is 14.4. The Hall–Kier alpha value is -2.92. The summed E-state index contributed by atoms with van der Waals surface area (Å²) in [6, 6.07) is 19.7. The van der Waals surface area contributed by atoms with Gasteiger partial charge in [0.25, 0.3) is 5.78 Å². The van der Waals surface area contributed by atoms with Gasteiger partial charge in [0.1, 0.15) is 5.82 Å². The number of hydrogen-bond donors (Lipinski definition) is 1. The van der Waals surface area contributed by atoms with Crippen molar-refractivity contribution < 1.29 is 0 Å². The van der Waals surface area contributed by atoms with Gasteiger partial charge in [-0.1, -0.05) is 48.0 Å². The van der Waals surface area contributed by atoms with Gasteiger partial charge in [-0.2, -0.15) is 9.50 Å². The van der Waals surface area contributed by atoms with E-state index < -0.39 is 0 Å². The molecule has 0 bridgehead atoms. The fourth-order valence-electron chi connectivity index (χ4n) is 2.68. The van der Waals surface area contributed by atoms with Crippen molar-refractivity contribution in [2.45, 2.75) is 13.3 Å². The van der Waals surface area contributed by atoms with Crippen LogP contribution in [-0.4, -0.2) is 19.6 Å². The number of nitrogens with one attached hydrogen (secondary N) is 1. The van der Waals surface area contributed by atoms with Gasteiger partial charge in [-0.25, -0.2) is 4.98 Å². The number of hydrogen-bond acceptors (Lipinski definition) is 4. The van der Waals surface area contributed by atoms with E-state index >= 15 is 0 Å². The Bertz CT molecular complexity index is 1030. The molecular formula is C19H16ClN5. The van der Waals surface area contributed by atoms with Crippen molar-refractivity contribution in [1.82, 2.24) is 19.6 Å². The summed E-state index contributed by atoms with van der Waals surface area (Å²) >= 11 is 6.07. The lowest BCUT2D eigenvalue weighted by Gasteiger charge is -2.08. The van der Waals surface area contributed by atoms with E-state index in [1.807, 2.05) is 55.5 Å². The van der Waals surface area contributed by atoms with Gasteiger partial charge in [-0.15, -0.1) is 5.10 Å². The molecule has 0 unspecified atom stereocenters. The molecule has 4 rings (SSSR count). The Kier molecular flexibility index (Phi) is 4.07. The number of fused-ring (bicyclic) bond motifs is 1. The van der Waals surface area contributed by atoms with Crippen molar-refractivity contribution in [2.75, 3.05) is 5.32 Å². The van der Waals surface area contributed by atoms with E-state index in [-0.39, 0.29) is 0 Å². The molecule has 0 atom stereocenters. The van der Waals surface area contributed by atoms with Crippen LogP contribution in [0.15, 0.2) is 60.7 Å². The number of anilines is 2. The Morgan fingerprint density at radius 1 is 1.00 bits per heavy atom. The summed E-state index contributed by atoms with van der Waals surface area (Å²) in [7, 11) is 0. The lowest BCUT2D eigenvalue weighted by Crippen LogP contribution is -2.02. The van der Waals surface area contributed by atoms with Crippen LogP contribution in [0.4, 0.5) is 11.5 Å². The minimum Gasteiger partial charge on any atom is -0.340 e. The van der Waals surface area contributed by atoms with Gasteiger partial charge in [0.15, 0.2) is 5.82 Å². The van der Waals surface area contributed by atoms with Gasteiger partial charge in [0, 0.05) is 28.9 Å². The molecule has 5 nitrogen and oxygen atoms in total. The molecule has 0 aliphatic carbocycles. The molecule has 124 valence electrons. The van der Waals surface area contributed by atoms with Gasteiger partial charge in [0.05, 0.1) is 0 Å². The van der Waals surface area contributed by atoms with E-state index in [0.29, 0.717) is 17.2 Å². The first-order chi connectivity index (χ1) is 12.2. The number of benzene rings is 2. The highest BCUT2D eigenvalue weighted by atomic mass is 35.5. The molecule has 1 N–H and O–H groups in total. The van der Waals surface area contributed by atoms with E-state index in [9.17, 15) is 0 Å². The van der Waals surface area contributed by atoms with E-state index in [1.54, 1.807) is 4.52 Å². The Labute approximate surface area is 150 Å². The molecule has 0 aliphatic heterocycles. The molecule has 2 aromatic heterocycles. The topological polar surface area (TPSA) is 55.1 Å². The maximum atomic E-state index is 6.07. The predicted octanol–water partition coefficient (Wildman–Crippen LogP) is 4.42. The number of rotatable bonds is 4. The van der Waals surface area contributed by atoms with Crippen molar-refractivity contribution in [2.24, 2.45) is 0 Å². The van der Waals surface area contributed by atoms with Crippen LogP contribution in [0.25, 0.3) is 5.78 Å². The maximum absolute atomic E-state index is 6.07. The standard InChI is InChI=1S/C19H16ClN5/c1-13-10-18(22-16-9-5-8-15(20)12-16)25-19(21-13)23-17(24-25)11-14-6-3-2-4-7-14/h2-10,12,22H,11H2,1H3. The molecule has 4 aromatic rings. The molecule has 0 spiro atoms. The van der Waals surface area contributed by atoms with Crippen LogP contribution in [0.5, 0.6) is 0 Å². The highest BCUT2D eigenvalue weighted by Gasteiger charge is 2.11. The van der Waals surface area contributed by atoms with Crippen LogP contribution < -0.4 is 5.32 Å². The summed E-state index contributed by atoms with van der Waals surface area (Å²) in [5.74, 6) is 2.12. The summed E-state index contributed by atoms with van der Waals surface area (Å²) < 4.78 is 1.73. The monoisotopic (exact) mass is 349 g/mol. The van der Waals surface area contributed by atoms with Crippen LogP contribution in [0.1, 0.15) is 17.1 Å². The van der Waals surface area contributed by atoms with Crippen LogP contribution in [0, 0.1) is 6.92 Å². The second kappa shape index (κ2) is 6.53. The zero-order valence-electron chi connectivity index (χ0n) is 13.6. The van der Waals surface area contributed by atoms with E-state index in [1.165, 1.54) is 5.56 Å². The summed E-state index contributed by atoms with van der Waals surface area (Å²) in [4.78, 5) is 9.04. The summed E-state index contributed by atoms with van der Waals surface area (Å²) in [5, 5.41) is 8.63. The number of aromatic nitrogens is 4. The predicted molar refractivity (Wildman–Crippen MR) is 99.5 cm³/mol. The second-order valence-corrected chi connectivity index (χ2v) is 6.26. The number of aryl methyl sites for hydroxylation is 1. The quantitative estimate of drug-likeness (QED) is 0.592. The van der Waals surface area contributed by atoms with Gasteiger partial charge in [0.2, 0.25) is 0 Å². The summed E-state index contributed by atoms with van der Waals surface area (Å²) in [5.41, 5.74) is 2.93. The SMILES string of the molecule is Cc1cc(Nc2cccc(Cl)c2)n2nc(Cc3ccccc3)nc2n1. The second-order valence-electron chi connectivity index (χ2n) is 5.82. The molecule has 2 heterocycles. The maximum Gasteiger partial charge on any atom is 0.254 e. The lowest BCUT2D eigenvalue weighted by molar-refractivity contribution is 0.894. The van der Waals surface area contributed by atoms with Crippen LogP contribution in [0.2, 0.25) is 5.02 Å². The number of nitrogens with zero attached hydrogens (tertiary/aromatic N) is 4. The molecule has 0 fully saturated rings. The number of halogens is 1. The molecule has 25 heavy (non-hydrogen) atoms. The first-order valence-corrected chi connectivity index (χ1v) is 8.35. The average Bonchev–Trinajstić information content (AvgIpc) is 2.98. The van der Waals surface area contributed by atoms with Gasteiger partial charge in [-0.3, -0.25) is 0 Å². The first kappa shape index (κ1) is 15.6. The molecule has 0 saturated carbocycles. The Balaban J connectivity index is 1.71. The molecular weight excluding hydrogens is 334 g/mol. The van der Waals surface area contributed by atoms with Gasteiger partial charge < -0.3 is 5.32 Å². The van der Waals surface area contributed by atoms with E-state index in [0.717, 1.165) is 23.0 Å². The lowest BCUT2D eigenvalue weighted by atomic mass is 10.1. The minimum atomic E-state index is 0.579. The fraction of sp³-hybridized carbons (Fsp3) is 0.105. The molecule has 6 heteroatoms. The highest BCUT2D eigenvalue weighted by molar-refractivity contribution is 6.30. The minimum absolute atomic E-state index is 0.579. The van der Waals surface area contributed by atoms with Crippen LogP contribution in [0.3, 0.4) is 0 Å². The highest BCUT2D eigenvalue weighted by Crippen LogP contribution is 2.21. The van der Waals surface area contributed by atoms with Crippen molar-refractivity contribution in [3.05, 3.63) is 82.8 Å². The van der Waals surface area contributed by atoms with Crippen molar-refractivity contribution in [3.8, 4) is 0 Å². The normalized spacial score (nSPS) is 11.0. The smallest absolute Gasteiger partial charge is 0.254 e. The molecule has 0 saturated heterocycles. The zero-order chi connectivity index (χ0) is 17.2. The average molecular weight is 350 g/mol. The van der Waals surface area contributed by atoms with Crippen molar-refractivity contribution in [3.63, 3.8) is 0 Å². The third kappa shape index (κ3) is 3.46. The summed E-state index contributed by atoms with van der Waals surface area (Å²) in [6.07, 6.45) is 0.667.